The summed E-state index contributed by atoms with van der Waals surface area (Å²) < 4.78 is 10.6. The van der Waals surface area contributed by atoms with Crippen LogP contribution in [0.25, 0.3) is 0 Å². The van der Waals surface area contributed by atoms with Crippen molar-refractivity contribution in [1.29, 1.82) is 0 Å². The summed E-state index contributed by atoms with van der Waals surface area (Å²) in [5, 5.41) is 4.49. The van der Waals surface area contributed by atoms with Crippen molar-refractivity contribution in [2.45, 2.75) is 64.1 Å². The highest BCUT2D eigenvalue weighted by atomic mass is 31.2. The van der Waals surface area contributed by atoms with E-state index in [1.165, 1.54) is 73.4 Å². The predicted octanol–water partition coefficient (Wildman–Crippen LogP) is 7.11. The lowest BCUT2D eigenvalue weighted by molar-refractivity contribution is -0.107. The Bertz CT molecular complexity index is 798. The zero-order valence-corrected chi connectivity index (χ0v) is 22.0. The van der Waals surface area contributed by atoms with Crippen molar-refractivity contribution in [3.05, 3.63) is 91.0 Å². The quantitative estimate of drug-likeness (QED) is 0.124. The van der Waals surface area contributed by atoms with Crippen molar-refractivity contribution in [3.8, 4) is 0 Å². The minimum Gasteiger partial charge on any atom is -0.356 e. The normalized spacial score (nSPS) is 11.7. The highest BCUT2D eigenvalue weighted by Gasteiger charge is 2.44. The highest BCUT2D eigenvalue weighted by Crippen LogP contribution is 2.55. The van der Waals surface area contributed by atoms with Crippen LogP contribution in [0.3, 0.4) is 0 Å². The van der Waals surface area contributed by atoms with Crippen LogP contribution in [0.4, 0.5) is 0 Å². The fourth-order valence-corrected chi connectivity index (χ4v) is 9.34. The third kappa shape index (κ3) is 7.51. The van der Waals surface area contributed by atoms with Gasteiger partial charge in [-0.1, -0.05) is 86.7 Å². The molecule has 0 radical (unpaired) electrons. The summed E-state index contributed by atoms with van der Waals surface area (Å²) in [6.07, 6.45) is 12.6. The lowest BCUT2D eigenvalue weighted by Gasteiger charge is -2.27. The molecule has 0 N–H and O–H groups in total. The van der Waals surface area contributed by atoms with Gasteiger partial charge in [-0.3, -0.25) is 0 Å². The van der Waals surface area contributed by atoms with Gasteiger partial charge >= 0.3 is 0 Å². The fraction of sp³-hybridized carbons (Fsp3) is 0.419. The summed E-state index contributed by atoms with van der Waals surface area (Å²) in [5.74, 6) is 0. The molecule has 0 aliphatic carbocycles. The minimum absolute atomic E-state index is 0.0394. The van der Waals surface area contributed by atoms with Gasteiger partial charge in [0.1, 0.15) is 23.2 Å². The average molecular weight is 478 g/mol. The molecule has 3 aromatic rings. The molecule has 0 bridgehead atoms. The third-order valence-electron chi connectivity index (χ3n) is 6.80. The van der Waals surface area contributed by atoms with E-state index in [0.29, 0.717) is 0 Å². The Balaban J connectivity index is 1.58. The SMILES string of the molecule is COC(CCCCCCCCCC[P+](c1ccccc1)(c1ccccc1)c1ccccc1)OC. The van der Waals surface area contributed by atoms with E-state index >= 15 is 0 Å². The molecule has 0 aromatic heterocycles. The topological polar surface area (TPSA) is 18.5 Å². The zero-order chi connectivity index (χ0) is 23.9. The standard InChI is InChI=1S/C31H42O2P/c1-32-31(33-2)26-18-7-5-3-4-6-8-19-27-34(28-20-12-9-13-21-28,29-22-14-10-15-23-29)30-24-16-11-17-25-30/h9-17,20-25,31H,3-8,18-19,26-27H2,1-2H3/q+1. The van der Waals surface area contributed by atoms with Crippen LogP contribution < -0.4 is 15.9 Å². The first kappa shape index (κ1) is 26.6. The minimum atomic E-state index is -1.66. The molecule has 0 aliphatic heterocycles. The largest absolute Gasteiger partial charge is 0.356 e. The van der Waals surface area contributed by atoms with Gasteiger partial charge in [0.05, 0.1) is 6.16 Å². The van der Waals surface area contributed by atoms with Crippen molar-refractivity contribution in [3.63, 3.8) is 0 Å². The Labute approximate surface area is 208 Å². The van der Waals surface area contributed by atoms with E-state index in [9.17, 15) is 0 Å². The van der Waals surface area contributed by atoms with Gasteiger partial charge < -0.3 is 9.47 Å². The summed E-state index contributed by atoms with van der Waals surface area (Å²) in [6.45, 7) is 0. The molecule has 0 fully saturated rings. The van der Waals surface area contributed by atoms with E-state index in [4.69, 9.17) is 9.47 Å². The number of methoxy groups -OCH3 is 2. The molecule has 0 heterocycles. The molecule has 0 saturated carbocycles. The van der Waals surface area contributed by atoms with E-state index < -0.39 is 7.26 Å². The van der Waals surface area contributed by atoms with Crippen molar-refractivity contribution in [1.82, 2.24) is 0 Å². The van der Waals surface area contributed by atoms with E-state index in [0.717, 1.165) is 6.42 Å². The smallest absolute Gasteiger partial charge is 0.156 e. The second kappa shape index (κ2) is 15.1. The molecule has 0 amide bonds. The van der Waals surface area contributed by atoms with Gasteiger partial charge in [-0.25, -0.2) is 0 Å². The van der Waals surface area contributed by atoms with Crippen LogP contribution in [0.2, 0.25) is 0 Å². The van der Waals surface area contributed by atoms with Crippen LogP contribution in [0, 0.1) is 0 Å². The number of rotatable bonds is 16. The molecule has 3 rings (SSSR count). The Hall–Kier alpha value is -1.99. The van der Waals surface area contributed by atoms with Gasteiger partial charge in [0.2, 0.25) is 0 Å². The van der Waals surface area contributed by atoms with E-state index in [1.54, 1.807) is 14.2 Å². The molecular formula is C31H42O2P+. The first-order chi connectivity index (χ1) is 16.8. The van der Waals surface area contributed by atoms with Crippen molar-refractivity contribution in [2.24, 2.45) is 0 Å². The number of ether oxygens (including phenoxy) is 2. The first-order valence-corrected chi connectivity index (χ1v) is 14.9. The van der Waals surface area contributed by atoms with Crippen LogP contribution in [-0.4, -0.2) is 26.7 Å². The lowest BCUT2D eigenvalue weighted by atomic mass is 10.1. The molecule has 182 valence electrons. The molecule has 0 saturated heterocycles. The van der Waals surface area contributed by atoms with Crippen LogP contribution in [0.5, 0.6) is 0 Å². The van der Waals surface area contributed by atoms with Gasteiger partial charge in [-0.05, 0) is 62.1 Å². The Morgan fingerprint density at radius 2 is 0.853 bits per heavy atom. The molecule has 0 unspecified atom stereocenters. The highest BCUT2D eigenvalue weighted by molar-refractivity contribution is 7.95. The maximum atomic E-state index is 5.28. The molecule has 34 heavy (non-hydrogen) atoms. The first-order valence-electron chi connectivity index (χ1n) is 12.9. The molecule has 3 heteroatoms. The van der Waals surface area contributed by atoms with Crippen molar-refractivity contribution >= 4 is 23.2 Å². The Morgan fingerprint density at radius 1 is 0.500 bits per heavy atom. The summed E-state index contributed by atoms with van der Waals surface area (Å²) in [4.78, 5) is 0. The van der Waals surface area contributed by atoms with Crippen LogP contribution in [-0.2, 0) is 9.47 Å². The summed E-state index contributed by atoms with van der Waals surface area (Å²) in [5.41, 5.74) is 0. The zero-order valence-electron chi connectivity index (χ0n) is 21.1. The van der Waals surface area contributed by atoms with Gasteiger partial charge in [0, 0.05) is 14.2 Å². The van der Waals surface area contributed by atoms with E-state index in [-0.39, 0.29) is 6.29 Å². The third-order valence-corrected chi connectivity index (χ3v) is 11.3. The van der Waals surface area contributed by atoms with Crippen LogP contribution in [0.15, 0.2) is 91.0 Å². The average Bonchev–Trinajstić information content (AvgIpc) is 2.91. The maximum absolute atomic E-state index is 5.28. The van der Waals surface area contributed by atoms with E-state index in [1.807, 2.05) is 0 Å². The van der Waals surface area contributed by atoms with E-state index in [2.05, 4.69) is 91.0 Å². The number of benzene rings is 3. The van der Waals surface area contributed by atoms with Gasteiger partial charge in [0.15, 0.2) is 6.29 Å². The number of unbranched alkanes of at least 4 members (excludes halogenated alkanes) is 7. The monoisotopic (exact) mass is 477 g/mol. The van der Waals surface area contributed by atoms with Crippen LogP contribution >= 0.6 is 7.26 Å². The molecule has 0 spiro atoms. The Kier molecular flexibility index (Phi) is 11.8. The number of hydrogen-bond acceptors (Lipinski definition) is 2. The van der Waals surface area contributed by atoms with Gasteiger partial charge in [0.25, 0.3) is 0 Å². The van der Waals surface area contributed by atoms with Gasteiger partial charge in [-0.15, -0.1) is 0 Å². The van der Waals surface area contributed by atoms with Gasteiger partial charge in [-0.2, -0.15) is 0 Å². The summed E-state index contributed by atoms with van der Waals surface area (Å²) in [6, 6.07) is 33.8. The lowest BCUT2D eigenvalue weighted by Crippen LogP contribution is -2.33. The fourth-order valence-electron chi connectivity index (χ4n) is 4.93. The molecule has 2 nitrogen and oxygen atoms in total. The predicted molar refractivity (Wildman–Crippen MR) is 149 cm³/mol. The summed E-state index contributed by atoms with van der Waals surface area (Å²) in [7, 11) is 1.78. The van der Waals surface area contributed by atoms with Crippen molar-refractivity contribution < 1.29 is 9.47 Å². The molecule has 0 atom stereocenters. The molecule has 3 aromatic carbocycles. The number of hydrogen-bond donors (Lipinski definition) is 0. The second-order valence-corrected chi connectivity index (χ2v) is 12.7. The second-order valence-electron chi connectivity index (χ2n) is 9.06. The Morgan fingerprint density at radius 3 is 1.24 bits per heavy atom. The maximum Gasteiger partial charge on any atom is 0.156 e. The van der Waals surface area contributed by atoms with Crippen LogP contribution in [0.1, 0.15) is 57.8 Å². The van der Waals surface area contributed by atoms with Crippen molar-refractivity contribution in [2.75, 3.05) is 20.4 Å². The summed E-state index contributed by atoms with van der Waals surface area (Å²) >= 11 is 0. The molecule has 0 aliphatic rings. The molecular weight excluding hydrogens is 435 g/mol.